The third kappa shape index (κ3) is 4.89. The van der Waals surface area contributed by atoms with Gasteiger partial charge in [0.05, 0.1) is 14.2 Å². The molecule has 0 amide bonds. The Hall–Kier alpha value is -1.73. The molecule has 6 heteroatoms. The highest BCUT2D eigenvalue weighted by Gasteiger charge is 2.32. The molecule has 0 spiro atoms. The summed E-state index contributed by atoms with van der Waals surface area (Å²) in [5.74, 6) is 1.44. The van der Waals surface area contributed by atoms with Crippen molar-refractivity contribution in [1.29, 1.82) is 0 Å². The Kier molecular flexibility index (Phi) is 7.58. The summed E-state index contributed by atoms with van der Waals surface area (Å²) >= 11 is 1.46. The first-order valence-electron chi connectivity index (χ1n) is 8.04. The third-order valence-electron chi connectivity index (χ3n) is 4.09. The highest BCUT2D eigenvalue weighted by Crippen LogP contribution is 2.34. The van der Waals surface area contributed by atoms with E-state index in [1.807, 2.05) is 54.8 Å². The van der Waals surface area contributed by atoms with E-state index in [4.69, 9.17) is 14.4 Å². The zero-order valence-electron chi connectivity index (χ0n) is 14.8. The second kappa shape index (κ2) is 9.68. The number of methoxy groups -OCH3 is 2. The van der Waals surface area contributed by atoms with Crippen LogP contribution in [0.3, 0.4) is 0 Å². The van der Waals surface area contributed by atoms with Crippen molar-refractivity contribution < 1.29 is 19.6 Å². The van der Waals surface area contributed by atoms with E-state index in [-0.39, 0.29) is 0 Å². The monoisotopic (exact) mass is 363 g/mol. The van der Waals surface area contributed by atoms with Gasteiger partial charge in [-0.1, -0.05) is 36.4 Å². The molecule has 0 saturated carbocycles. The van der Waals surface area contributed by atoms with Gasteiger partial charge in [-0.15, -0.1) is 11.8 Å². The zero-order valence-corrected chi connectivity index (χ0v) is 15.6. The predicted octanol–water partition coefficient (Wildman–Crippen LogP) is 3.54. The summed E-state index contributed by atoms with van der Waals surface area (Å²) in [6.07, 6.45) is 2.74. The fourth-order valence-corrected chi connectivity index (χ4v) is 3.32. The molecule has 0 fully saturated rings. The van der Waals surface area contributed by atoms with Crippen molar-refractivity contribution >= 4 is 11.8 Å². The van der Waals surface area contributed by atoms with Crippen molar-refractivity contribution in [2.75, 3.05) is 33.6 Å². The summed E-state index contributed by atoms with van der Waals surface area (Å²) < 4.78 is 10.6. The van der Waals surface area contributed by atoms with Crippen LogP contribution in [-0.2, 0) is 16.2 Å². The number of ether oxygens (including phenoxy) is 2. The molecule has 136 valence electrons. The molecule has 0 aromatic heterocycles. The van der Waals surface area contributed by atoms with Gasteiger partial charge >= 0.3 is 0 Å². The van der Waals surface area contributed by atoms with Crippen molar-refractivity contribution in [2.24, 2.45) is 0 Å². The zero-order chi connectivity index (χ0) is 18.1. The average molecular weight is 363 g/mol. The van der Waals surface area contributed by atoms with Crippen molar-refractivity contribution in [1.82, 2.24) is 5.32 Å². The quantitative estimate of drug-likeness (QED) is 0.291. The van der Waals surface area contributed by atoms with Crippen molar-refractivity contribution in [3.8, 4) is 11.5 Å². The molecule has 1 atom stereocenters. The first-order valence-corrected chi connectivity index (χ1v) is 9.26. The predicted molar refractivity (Wildman–Crippen MR) is 101 cm³/mol. The Morgan fingerprint density at radius 1 is 1.04 bits per heavy atom. The minimum Gasteiger partial charge on any atom is -0.493 e. The molecule has 0 bridgehead atoms. The highest BCUT2D eigenvalue weighted by atomic mass is 32.2. The van der Waals surface area contributed by atoms with E-state index >= 15 is 0 Å². The molecular weight excluding hydrogens is 338 g/mol. The lowest BCUT2D eigenvalue weighted by atomic mass is 10.1. The Labute approximate surface area is 153 Å². The Morgan fingerprint density at radius 3 is 2.36 bits per heavy atom. The molecule has 2 aromatic rings. The lowest BCUT2D eigenvalue weighted by molar-refractivity contribution is -0.294. The summed E-state index contributed by atoms with van der Waals surface area (Å²) in [5, 5.41) is 12.8. The first-order chi connectivity index (χ1) is 12.2. The molecule has 1 unspecified atom stereocenters. The molecule has 0 aliphatic heterocycles. The topological polar surface area (TPSA) is 60.0 Å². The largest absolute Gasteiger partial charge is 0.493 e. The molecule has 0 heterocycles. The van der Waals surface area contributed by atoms with Crippen molar-refractivity contribution in [3.05, 3.63) is 59.7 Å². The number of thioether (sulfide) groups is 1. The molecule has 2 aromatic carbocycles. The van der Waals surface area contributed by atoms with Crippen LogP contribution in [0.25, 0.3) is 0 Å². The lowest BCUT2D eigenvalue weighted by Crippen LogP contribution is -2.38. The number of nitrogens with one attached hydrogen (secondary N) is 1. The molecule has 0 radical (unpaired) electrons. The maximum Gasteiger partial charge on any atom is 0.186 e. The van der Waals surface area contributed by atoms with E-state index in [9.17, 15) is 5.26 Å². The van der Waals surface area contributed by atoms with Crippen LogP contribution < -0.4 is 14.8 Å². The number of hydrogen-bond donors (Lipinski definition) is 2. The third-order valence-corrected chi connectivity index (χ3v) is 5.20. The standard InChI is InChI=1S/C19H25NO4S/c1-22-17-10-9-15(13-18(17)23-2)11-12-20-14-19(24-21,25-3)16-7-5-4-6-8-16/h4-10,13,20-21H,11-12,14H2,1-3H3. The molecule has 0 saturated heterocycles. The van der Waals surface area contributed by atoms with Gasteiger partial charge in [-0.3, -0.25) is 0 Å². The van der Waals surface area contributed by atoms with Crippen LogP contribution in [0.1, 0.15) is 11.1 Å². The molecular formula is C19H25NO4S. The van der Waals surface area contributed by atoms with Crippen molar-refractivity contribution in [3.63, 3.8) is 0 Å². The van der Waals surface area contributed by atoms with Gasteiger partial charge in [-0.2, -0.15) is 0 Å². The molecule has 2 rings (SSSR count). The maximum absolute atomic E-state index is 9.48. The summed E-state index contributed by atoms with van der Waals surface area (Å²) in [6, 6.07) is 15.6. The van der Waals surface area contributed by atoms with Gasteiger partial charge in [-0.25, -0.2) is 10.1 Å². The van der Waals surface area contributed by atoms with Crippen LogP contribution in [0.15, 0.2) is 48.5 Å². The van der Waals surface area contributed by atoms with Gasteiger partial charge in [-0.05, 0) is 42.5 Å². The Bertz CT molecular complexity index is 647. The summed E-state index contributed by atoms with van der Waals surface area (Å²) in [7, 11) is 3.25. The Balaban J connectivity index is 1.95. The number of hydrogen-bond acceptors (Lipinski definition) is 6. The van der Waals surface area contributed by atoms with Crippen LogP contribution in [-0.4, -0.2) is 38.8 Å². The van der Waals surface area contributed by atoms with Gasteiger partial charge < -0.3 is 14.8 Å². The summed E-state index contributed by atoms with van der Waals surface area (Å²) in [5.41, 5.74) is 2.06. The van der Waals surface area contributed by atoms with E-state index in [0.717, 1.165) is 35.6 Å². The molecule has 5 nitrogen and oxygen atoms in total. The van der Waals surface area contributed by atoms with E-state index in [1.54, 1.807) is 14.2 Å². The number of rotatable bonds is 10. The van der Waals surface area contributed by atoms with E-state index in [2.05, 4.69) is 5.32 Å². The smallest absolute Gasteiger partial charge is 0.186 e. The van der Waals surface area contributed by atoms with Crippen LogP contribution in [0, 0.1) is 0 Å². The Morgan fingerprint density at radius 2 is 1.76 bits per heavy atom. The summed E-state index contributed by atoms with van der Waals surface area (Å²) in [4.78, 5) is 4.04. The lowest BCUT2D eigenvalue weighted by Gasteiger charge is -2.29. The molecule has 2 N–H and O–H groups in total. The van der Waals surface area contributed by atoms with Gasteiger partial charge in [0.1, 0.15) is 0 Å². The fourth-order valence-electron chi connectivity index (χ4n) is 2.63. The minimum absolute atomic E-state index is 0.488. The van der Waals surface area contributed by atoms with Crippen LogP contribution in [0.2, 0.25) is 0 Å². The number of benzene rings is 2. The fraction of sp³-hybridized carbons (Fsp3) is 0.368. The molecule has 0 aliphatic carbocycles. The van der Waals surface area contributed by atoms with Gasteiger partial charge in [0.25, 0.3) is 0 Å². The normalized spacial score (nSPS) is 13.3. The van der Waals surface area contributed by atoms with Gasteiger partial charge in [0.2, 0.25) is 0 Å². The highest BCUT2D eigenvalue weighted by molar-refractivity contribution is 7.99. The van der Waals surface area contributed by atoms with Crippen LogP contribution >= 0.6 is 11.8 Å². The van der Waals surface area contributed by atoms with E-state index in [1.165, 1.54) is 11.8 Å². The first kappa shape index (κ1) is 19.6. The molecule has 0 aliphatic rings. The van der Waals surface area contributed by atoms with Crippen molar-refractivity contribution in [2.45, 2.75) is 11.4 Å². The second-order valence-electron chi connectivity index (χ2n) is 5.53. The average Bonchev–Trinajstić information content (AvgIpc) is 2.69. The van der Waals surface area contributed by atoms with Crippen LogP contribution in [0.4, 0.5) is 0 Å². The van der Waals surface area contributed by atoms with Gasteiger partial charge in [0, 0.05) is 6.54 Å². The van der Waals surface area contributed by atoms with E-state index in [0.29, 0.717) is 6.54 Å². The molecule has 25 heavy (non-hydrogen) atoms. The van der Waals surface area contributed by atoms with Crippen LogP contribution in [0.5, 0.6) is 11.5 Å². The van der Waals surface area contributed by atoms with E-state index < -0.39 is 4.93 Å². The van der Waals surface area contributed by atoms with Gasteiger partial charge in [0.15, 0.2) is 16.4 Å². The minimum atomic E-state index is -0.821. The maximum atomic E-state index is 9.48. The SMILES string of the molecule is COc1ccc(CCNCC(OO)(SC)c2ccccc2)cc1OC. The second-order valence-corrected chi connectivity index (χ2v) is 6.60. The summed E-state index contributed by atoms with van der Waals surface area (Å²) in [6.45, 7) is 1.23.